The molecule has 4 nitrogen and oxygen atoms in total. The van der Waals surface area contributed by atoms with E-state index in [0.717, 1.165) is 0 Å². The monoisotopic (exact) mass is 192 g/mol. The third kappa shape index (κ3) is 2.64. The summed E-state index contributed by atoms with van der Waals surface area (Å²) in [5.74, 6) is 0. The van der Waals surface area contributed by atoms with Crippen molar-refractivity contribution in [2.24, 2.45) is 0 Å². The van der Waals surface area contributed by atoms with E-state index in [-0.39, 0.29) is 0 Å². The fourth-order valence-electron chi connectivity index (χ4n) is 0.527. The summed E-state index contributed by atoms with van der Waals surface area (Å²) in [4.78, 5) is 0. The highest BCUT2D eigenvalue weighted by Gasteiger charge is 2.44. The summed E-state index contributed by atoms with van der Waals surface area (Å²) < 4.78 is 61.7. The molecule has 1 saturated heterocycles. The normalized spacial score (nSPS) is 24.6. The SMILES string of the molecule is O=S1(=O)OC(CC(F)(F)F)O1. The largest absolute Gasteiger partial charge is 0.404 e. The molecule has 0 aromatic heterocycles. The molecule has 0 spiro atoms. The Morgan fingerprint density at radius 1 is 1.27 bits per heavy atom. The van der Waals surface area contributed by atoms with E-state index in [4.69, 9.17) is 0 Å². The second kappa shape index (κ2) is 2.32. The van der Waals surface area contributed by atoms with Crippen LogP contribution in [0.5, 0.6) is 0 Å². The van der Waals surface area contributed by atoms with Gasteiger partial charge in [-0.2, -0.15) is 21.6 Å². The maximum Gasteiger partial charge on any atom is 0.404 e. The van der Waals surface area contributed by atoms with Crippen LogP contribution in [-0.4, -0.2) is 20.9 Å². The van der Waals surface area contributed by atoms with Gasteiger partial charge in [-0.25, -0.2) is 8.37 Å². The van der Waals surface area contributed by atoms with E-state index in [1.807, 2.05) is 0 Å². The molecule has 8 heteroatoms. The van der Waals surface area contributed by atoms with Crippen molar-refractivity contribution in [2.45, 2.75) is 18.9 Å². The van der Waals surface area contributed by atoms with Crippen LogP contribution in [0.2, 0.25) is 0 Å². The molecule has 1 aliphatic rings. The molecule has 0 saturated carbocycles. The van der Waals surface area contributed by atoms with E-state index >= 15 is 0 Å². The van der Waals surface area contributed by atoms with Crippen LogP contribution in [0.4, 0.5) is 13.2 Å². The van der Waals surface area contributed by atoms with Crippen LogP contribution in [-0.2, 0) is 18.8 Å². The van der Waals surface area contributed by atoms with Crippen LogP contribution in [0.3, 0.4) is 0 Å². The molecule has 0 atom stereocenters. The van der Waals surface area contributed by atoms with Gasteiger partial charge in [-0.05, 0) is 0 Å². The molecule has 0 aliphatic carbocycles. The fourth-order valence-corrected chi connectivity index (χ4v) is 1.20. The number of hydrogen-bond acceptors (Lipinski definition) is 4. The van der Waals surface area contributed by atoms with Gasteiger partial charge < -0.3 is 0 Å². The van der Waals surface area contributed by atoms with Gasteiger partial charge in [0.1, 0.15) is 0 Å². The lowest BCUT2D eigenvalue weighted by atomic mass is 10.4. The first-order chi connectivity index (χ1) is 4.79. The molecule has 0 amide bonds. The van der Waals surface area contributed by atoms with Gasteiger partial charge in [-0.1, -0.05) is 0 Å². The van der Waals surface area contributed by atoms with Gasteiger partial charge >= 0.3 is 16.6 Å². The lowest BCUT2D eigenvalue weighted by Gasteiger charge is -2.25. The van der Waals surface area contributed by atoms with Crippen LogP contribution in [0.15, 0.2) is 0 Å². The van der Waals surface area contributed by atoms with Gasteiger partial charge in [-0.3, -0.25) is 0 Å². The average Bonchev–Trinajstić information content (AvgIpc) is 1.53. The van der Waals surface area contributed by atoms with Crippen molar-refractivity contribution in [1.29, 1.82) is 0 Å². The summed E-state index contributed by atoms with van der Waals surface area (Å²) >= 11 is 0. The van der Waals surface area contributed by atoms with E-state index in [9.17, 15) is 21.6 Å². The minimum Gasteiger partial charge on any atom is -0.214 e. The molecule has 1 rings (SSSR count). The average molecular weight is 192 g/mol. The molecule has 66 valence electrons. The second-order valence-corrected chi connectivity index (χ2v) is 3.05. The minimum atomic E-state index is -4.47. The maximum atomic E-state index is 11.4. The van der Waals surface area contributed by atoms with Crippen molar-refractivity contribution >= 4 is 10.4 Å². The Kier molecular flexibility index (Phi) is 1.85. The maximum absolute atomic E-state index is 11.4. The predicted octanol–water partition coefficient (Wildman–Crippen LogP) is 0.557. The van der Waals surface area contributed by atoms with Gasteiger partial charge in [0.15, 0.2) is 0 Å². The van der Waals surface area contributed by atoms with Crippen LogP contribution in [0.1, 0.15) is 6.42 Å². The van der Waals surface area contributed by atoms with Crippen molar-refractivity contribution < 1.29 is 30.0 Å². The van der Waals surface area contributed by atoms with Crippen LogP contribution in [0, 0.1) is 0 Å². The summed E-state index contributed by atoms with van der Waals surface area (Å²) in [6.07, 6.45) is -7.58. The molecule has 0 aromatic carbocycles. The van der Waals surface area contributed by atoms with Crippen molar-refractivity contribution in [3.05, 3.63) is 0 Å². The highest BCUT2D eigenvalue weighted by molar-refractivity contribution is 7.82. The summed E-state index contributed by atoms with van der Waals surface area (Å²) in [5.41, 5.74) is 0. The third-order valence-electron chi connectivity index (χ3n) is 0.848. The van der Waals surface area contributed by atoms with Crippen molar-refractivity contribution in [1.82, 2.24) is 0 Å². The zero-order valence-corrected chi connectivity index (χ0v) is 5.78. The molecule has 1 heterocycles. The number of alkyl halides is 3. The van der Waals surface area contributed by atoms with E-state index in [2.05, 4.69) is 8.37 Å². The van der Waals surface area contributed by atoms with Crippen molar-refractivity contribution in [3.8, 4) is 0 Å². The van der Waals surface area contributed by atoms with Crippen molar-refractivity contribution in [3.63, 3.8) is 0 Å². The van der Waals surface area contributed by atoms with Gasteiger partial charge in [0.25, 0.3) is 0 Å². The summed E-state index contributed by atoms with van der Waals surface area (Å²) in [5, 5.41) is 0. The Hall–Kier alpha value is -0.340. The quantitative estimate of drug-likeness (QED) is 0.609. The Morgan fingerprint density at radius 3 is 2.00 bits per heavy atom. The fraction of sp³-hybridized carbons (Fsp3) is 1.00. The Balaban J connectivity index is 2.36. The third-order valence-corrected chi connectivity index (χ3v) is 1.75. The molecule has 0 aromatic rings. The van der Waals surface area contributed by atoms with E-state index in [1.165, 1.54) is 0 Å². The van der Waals surface area contributed by atoms with Gasteiger partial charge in [-0.15, -0.1) is 0 Å². The standard InChI is InChI=1S/C3H3F3O4S/c4-3(5,6)1-2-9-11(7,8)10-2/h2H,1H2. The molecule has 11 heavy (non-hydrogen) atoms. The van der Waals surface area contributed by atoms with Crippen LogP contribution >= 0.6 is 0 Å². The van der Waals surface area contributed by atoms with E-state index < -0.39 is 29.3 Å². The van der Waals surface area contributed by atoms with E-state index in [1.54, 1.807) is 0 Å². The van der Waals surface area contributed by atoms with Crippen LogP contribution < -0.4 is 0 Å². The first kappa shape index (κ1) is 8.75. The molecular formula is C3H3F3O4S. The highest BCUT2D eigenvalue weighted by atomic mass is 32.3. The number of halogens is 3. The topological polar surface area (TPSA) is 52.6 Å². The number of hydrogen-bond donors (Lipinski definition) is 0. The second-order valence-electron chi connectivity index (χ2n) is 1.85. The summed E-state index contributed by atoms with van der Waals surface area (Å²) in [6, 6.07) is 0. The Morgan fingerprint density at radius 2 is 1.73 bits per heavy atom. The molecule has 1 aliphatic heterocycles. The van der Waals surface area contributed by atoms with Crippen LogP contribution in [0.25, 0.3) is 0 Å². The molecule has 0 unspecified atom stereocenters. The zero-order chi connectivity index (χ0) is 8.70. The molecular weight excluding hydrogens is 189 g/mol. The van der Waals surface area contributed by atoms with Gasteiger partial charge in [0.05, 0.1) is 6.42 Å². The smallest absolute Gasteiger partial charge is 0.214 e. The van der Waals surface area contributed by atoms with Gasteiger partial charge in [0.2, 0.25) is 6.29 Å². The number of rotatable bonds is 1. The highest BCUT2D eigenvalue weighted by Crippen LogP contribution is 2.30. The summed E-state index contributed by atoms with van der Waals surface area (Å²) in [6.45, 7) is 0. The Bertz CT molecular complexity index is 230. The predicted molar refractivity (Wildman–Crippen MR) is 25.5 cm³/mol. The van der Waals surface area contributed by atoms with Crippen molar-refractivity contribution in [2.75, 3.05) is 0 Å². The zero-order valence-electron chi connectivity index (χ0n) is 4.96. The lowest BCUT2D eigenvalue weighted by Crippen LogP contribution is -2.39. The Labute approximate surface area is 60.2 Å². The van der Waals surface area contributed by atoms with Gasteiger partial charge in [0, 0.05) is 0 Å². The first-order valence-corrected chi connectivity index (χ1v) is 3.80. The summed E-state index contributed by atoms with van der Waals surface area (Å²) in [7, 11) is -4.10. The van der Waals surface area contributed by atoms with E-state index in [0.29, 0.717) is 0 Å². The first-order valence-electron chi connectivity index (χ1n) is 2.47. The molecule has 0 bridgehead atoms. The lowest BCUT2D eigenvalue weighted by molar-refractivity contribution is -0.197. The molecule has 0 N–H and O–H groups in total. The minimum absolute atomic E-state index is 1.41. The molecule has 1 fully saturated rings. The molecule has 0 radical (unpaired) electrons.